The predicted molar refractivity (Wildman–Crippen MR) is 72.2 cm³/mol. The summed E-state index contributed by atoms with van der Waals surface area (Å²) in [7, 11) is 3.94. The van der Waals surface area contributed by atoms with Gasteiger partial charge < -0.3 is 15.3 Å². The quantitative estimate of drug-likeness (QED) is 0.733. The number of aliphatic hydroxyl groups is 1. The van der Waals surface area contributed by atoms with Crippen molar-refractivity contribution in [3.8, 4) is 0 Å². The highest BCUT2D eigenvalue weighted by Gasteiger charge is 2.13. The monoisotopic (exact) mass is 268 g/mol. The van der Waals surface area contributed by atoms with E-state index in [4.69, 9.17) is 0 Å². The summed E-state index contributed by atoms with van der Waals surface area (Å²) >= 11 is 0. The van der Waals surface area contributed by atoms with E-state index in [1.54, 1.807) is 6.07 Å². The van der Waals surface area contributed by atoms with E-state index in [2.05, 4.69) is 5.32 Å². The zero-order valence-electron chi connectivity index (χ0n) is 11.4. The molecule has 4 nitrogen and oxygen atoms in total. The summed E-state index contributed by atoms with van der Waals surface area (Å²) in [6.45, 7) is 1.47. The molecule has 0 radical (unpaired) electrons. The highest BCUT2D eigenvalue weighted by atomic mass is 19.1. The van der Waals surface area contributed by atoms with Crippen molar-refractivity contribution in [1.82, 2.24) is 10.2 Å². The standard InChI is InChI=1S/C14H21FN2O2/c1-17(2)8-4-7-16-14(19)10-13(18)11-5-3-6-12(15)9-11/h3,5-6,9,13,18H,4,7-8,10H2,1-2H3,(H,16,19). The van der Waals surface area contributed by atoms with E-state index >= 15 is 0 Å². The molecule has 106 valence electrons. The number of aliphatic hydroxyl groups excluding tert-OH is 1. The molecule has 1 aromatic rings. The molecule has 0 saturated heterocycles. The second kappa shape index (κ2) is 7.86. The van der Waals surface area contributed by atoms with Gasteiger partial charge in [0, 0.05) is 6.54 Å². The van der Waals surface area contributed by atoms with Gasteiger partial charge in [-0.1, -0.05) is 12.1 Å². The van der Waals surface area contributed by atoms with Crippen molar-refractivity contribution in [2.75, 3.05) is 27.2 Å². The van der Waals surface area contributed by atoms with Gasteiger partial charge in [-0.15, -0.1) is 0 Å². The Hall–Kier alpha value is -1.46. The number of hydrogen-bond acceptors (Lipinski definition) is 3. The first-order valence-electron chi connectivity index (χ1n) is 6.34. The lowest BCUT2D eigenvalue weighted by atomic mass is 10.1. The van der Waals surface area contributed by atoms with Crippen LogP contribution in [0.4, 0.5) is 4.39 Å². The van der Waals surface area contributed by atoms with E-state index in [-0.39, 0.29) is 12.3 Å². The Bertz CT molecular complexity index is 410. The summed E-state index contributed by atoms with van der Waals surface area (Å²) in [5.41, 5.74) is 0.420. The first kappa shape index (κ1) is 15.6. The van der Waals surface area contributed by atoms with E-state index in [0.29, 0.717) is 12.1 Å². The molecule has 0 fully saturated rings. The summed E-state index contributed by atoms with van der Waals surface area (Å²) in [6, 6.07) is 5.66. The van der Waals surface area contributed by atoms with E-state index in [9.17, 15) is 14.3 Å². The average Bonchev–Trinajstić information content (AvgIpc) is 2.34. The molecule has 2 N–H and O–H groups in total. The second-order valence-electron chi connectivity index (χ2n) is 4.78. The van der Waals surface area contributed by atoms with Crippen LogP contribution in [0.3, 0.4) is 0 Å². The topological polar surface area (TPSA) is 52.6 Å². The fraction of sp³-hybridized carbons (Fsp3) is 0.500. The lowest BCUT2D eigenvalue weighted by molar-refractivity contribution is -0.123. The second-order valence-corrected chi connectivity index (χ2v) is 4.78. The Morgan fingerprint density at radius 3 is 2.84 bits per heavy atom. The Morgan fingerprint density at radius 2 is 2.21 bits per heavy atom. The van der Waals surface area contributed by atoms with Crippen LogP contribution in [0.5, 0.6) is 0 Å². The third-order valence-corrected chi connectivity index (χ3v) is 2.72. The van der Waals surface area contributed by atoms with Crippen molar-refractivity contribution >= 4 is 5.91 Å². The Kier molecular flexibility index (Phi) is 6.45. The molecular formula is C14H21FN2O2. The van der Waals surface area contributed by atoms with E-state index in [1.807, 2.05) is 19.0 Å². The molecule has 1 atom stereocenters. The SMILES string of the molecule is CN(C)CCCNC(=O)CC(O)c1cccc(F)c1. The van der Waals surface area contributed by atoms with Gasteiger partial charge in [0.15, 0.2) is 0 Å². The molecule has 1 rings (SSSR count). The Morgan fingerprint density at radius 1 is 1.47 bits per heavy atom. The largest absolute Gasteiger partial charge is 0.388 e. The van der Waals surface area contributed by atoms with Gasteiger partial charge in [-0.25, -0.2) is 4.39 Å². The van der Waals surface area contributed by atoms with Crippen molar-refractivity contribution in [2.24, 2.45) is 0 Å². The van der Waals surface area contributed by atoms with Crippen LogP contribution in [-0.2, 0) is 4.79 Å². The third-order valence-electron chi connectivity index (χ3n) is 2.72. The van der Waals surface area contributed by atoms with Crippen molar-refractivity contribution in [1.29, 1.82) is 0 Å². The maximum Gasteiger partial charge on any atom is 0.222 e. The van der Waals surface area contributed by atoms with E-state index in [1.165, 1.54) is 18.2 Å². The molecule has 0 aliphatic heterocycles. The van der Waals surface area contributed by atoms with Crippen LogP contribution in [0.15, 0.2) is 24.3 Å². The van der Waals surface area contributed by atoms with Crippen LogP contribution in [0, 0.1) is 5.82 Å². The number of rotatable bonds is 7. The zero-order valence-corrected chi connectivity index (χ0v) is 11.4. The zero-order chi connectivity index (χ0) is 14.3. The molecule has 1 amide bonds. The first-order valence-corrected chi connectivity index (χ1v) is 6.34. The van der Waals surface area contributed by atoms with Crippen LogP contribution in [0.2, 0.25) is 0 Å². The molecule has 0 saturated carbocycles. The highest BCUT2D eigenvalue weighted by molar-refractivity contribution is 5.76. The first-order chi connectivity index (χ1) is 8.99. The van der Waals surface area contributed by atoms with Gasteiger partial charge >= 0.3 is 0 Å². The Balaban J connectivity index is 2.32. The number of hydrogen-bond donors (Lipinski definition) is 2. The van der Waals surface area contributed by atoms with Gasteiger partial charge in [0.05, 0.1) is 12.5 Å². The van der Waals surface area contributed by atoms with Gasteiger partial charge in [0.2, 0.25) is 5.91 Å². The molecule has 0 spiro atoms. The summed E-state index contributed by atoms with van der Waals surface area (Å²) < 4.78 is 13.0. The smallest absolute Gasteiger partial charge is 0.222 e. The molecule has 5 heteroatoms. The third kappa shape index (κ3) is 6.31. The molecule has 0 aromatic heterocycles. The van der Waals surface area contributed by atoms with Gasteiger partial charge in [-0.05, 0) is 44.8 Å². The summed E-state index contributed by atoms with van der Waals surface area (Å²) in [6.07, 6.45) is -0.162. The van der Waals surface area contributed by atoms with Gasteiger partial charge in [0.25, 0.3) is 0 Å². The fourth-order valence-corrected chi connectivity index (χ4v) is 1.70. The van der Waals surface area contributed by atoms with Crippen LogP contribution in [0.1, 0.15) is 24.5 Å². The number of halogens is 1. The fourth-order valence-electron chi connectivity index (χ4n) is 1.70. The lowest BCUT2D eigenvalue weighted by Gasteiger charge is -2.12. The van der Waals surface area contributed by atoms with Crippen LogP contribution in [0.25, 0.3) is 0 Å². The number of amides is 1. The van der Waals surface area contributed by atoms with Crippen LogP contribution in [-0.4, -0.2) is 43.1 Å². The number of carbonyl (C=O) groups excluding carboxylic acids is 1. The Labute approximate surface area is 113 Å². The number of nitrogens with one attached hydrogen (secondary N) is 1. The van der Waals surface area contributed by atoms with Crippen molar-refractivity contribution < 1.29 is 14.3 Å². The van der Waals surface area contributed by atoms with E-state index in [0.717, 1.165) is 13.0 Å². The molecule has 0 aliphatic rings. The predicted octanol–water partition coefficient (Wildman–Crippen LogP) is 1.32. The highest BCUT2D eigenvalue weighted by Crippen LogP contribution is 2.17. The molecule has 19 heavy (non-hydrogen) atoms. The molecular weight excluding hydrogens is 247 g/mol. The normalized spacial score (nSPS) is 12.5. The number of carbonyl (C=O) groups is 1. The lowest BCUT2D eigenvalue weighted by Crippen LogP contribution is -2.28. The number of benzene rings is 1. The van der Waals surface area contributed by atoms with Gasteiger partial charge in [-0.3, -0.25) is 4.79 Å². The number of nitrogens with zero attached hydrogens (tertiary/aromatic N) is 1. The van der Waals surface area contributed by atoms with Gasteiger partial charge in [0.1, 0.15) is 5.82 Å². The minimum atomic E-state index is -0.968. The minimum absolute atomic E-state index is 0.0502. The molecule has 0 bridgehead atoms. The maximum atomic E-state index is 13.0. The molecule has 0 aliphatic carbocycles. The minimum Gasteiger partial charge on any atom is -0.388 e. The molecule has 1 unspecified atom stereocenters. The van der Waals surface area contributed by atoms with Crippen molar-refractivity contribution in [2.45, 2.75) is 18.9 Å². The van der Waals surface area contributed by atoms with E-state index < -0.39 is 11.9 Å². The van der Waals surface area contributed by atoms with Crippen molar-refractivity contribution in [3.05, 3.63) is 35.6 Å². The van der Waals surface area contributed by atoms with Crippen LogP contribution < -0.4 is 5.32 Å². The van der Waals surface area contributed by atoms with Crippen LogP contribution >= 0.6 is 0 Å². The van der Waals surface area contributed by atoms with Gasteiger partial charge in [-0.2, -0.15) is 0 Å². The summed E-state index contributed by atoms with van der Waals surface area (Å²) in [5, 5.41) is 12.6. The molecule has 1 aromatic carbocycles. The maximum absolute atomic E-state index is 13.0. The van der Waals surface area contributed by atoms with Crippen molar-refractivity contribution in [3.63, 3.8) is 0 Å². The summed E-state index contributed by atoms with van der Waals surface area (Å²) in [5.74, 6) is -0.640. The summed E-state index contributed by atoms with van der Waals surface area (Å²) in [4.78, 5) is 13.6. The average molecular weight is 268 g/mol. The molecule has 0 heterocycles.